The number of carbonyl (C=O) groups is 1. The van der Waals surface area contributed by atoms with E-state index in [1.165, 1.54) is 7.11 Å². The Morgan fingerprint density at radius 3 is 2.75 bits per heavy atom. The minimum absolute atomic E-state index is 0.0705. The molecule has 1 aliphatic heterocycles. The van der Waals surface area contributed by atoms with Gasteiger partial charge in [-0.25, -0.2) is 4.99 Å². The molecule has 0 saturated heterocycles. The van der Waals surface area contributed by atoms with Crippen molar-refractivity contribution in [3.05, 3.63) is 0 Å². The molecule has 1 heterocycles. The van der Waals surface area contributed by atoms with Crippen molar-refractivity contribution in [2.24, 2.45) is 10.9 Å². The third-order valence-electron chi connectivity index (χ3n) is 2.83. The lowest BCUT2D eigenvalue weighted by atomic mass is 10.0. The molecule has 2 rings (SSSR count). The number of hydrogen-bond acceptors (Lipinski definition) is 4. The van der Waals surface area contributed by atoms with E-state index in [9.17, 15) is 4.79 Å². The third kappa shape index (κ3) is 2.11. The van der Waals surface area contributed by atoms with E-state index in [1.807, 2.05) is 0 Å². The molecule has 90 valence electrons. The zero-order valence-corrected chi connectivity index (χ0v) is 10.7. The molecule has 0 unspecified atom stereocenters. The number of ether oxygens (including phenoxy) is 2. The number of rotatable bonds is 1. The molecular formula is C9H10Cl3NO3. The van der Waals surface area contributed by atoms with Crippen LogP contribution in [0.5, 0.6) is 0 Å². The molecule has 7 heteroatoms. The first-order valence-corrected chi connectivity index (χ1v) is 5.96. The monoisotopic (exact) mass is 285 g/mol. The summed E-state index contributed by atoms with van der Waals surface area (Å²) >= 11 is 17.0. The molecule has 1 aliphatic carbocycles. The van der Waals surface area contributed by atoms with Crippen LogP contribution in [0.25, 0.3) is 0 Å². The van der Waals surface area contributed by atoms with Gasteiger partial charge in [0.2, 0.25) is 5.90 Å². The molecule has 0 radical (unpaired) electrons. The molecule has 0 amide bonds. The Morgan fingerprint density at radius 1 is 1.50 bits per heavy atom. The minimum atomic E-state index is -1.66. The molecule has 0 aromatic rings. The van der Waals surface area contributed by atoms with Crippen molar-refractivity contribution in [1.29, 1.82) is 0 Å². The summed E-state index contributed by atoms with van der Waals surface area (Å²) in [6.07, 6.45) is 1.24. The maximum atomic E-state index is 11.5. The number of fused-ring (bicyclic) bond motifs is 1. The molecule has 1 fully saturated rings. The molecule has 2 aliphatic rings. The van der Waals surface area contributed by atoms with Crippen LogP contribution in [-0.4, -0.2) is 34.9 Å². The summed E-state index contributed by atoms with van der Waals surface area (Å²) in [5, 5.41) is 0. The van der Waals surface area contributed by atoms with Gasteiger partial charge in [-0.15, -0.1) is 0 Å². The molecule has 1 saturated carbocycles. The first kappa shape index (κ1) is 12.3. The van der Waals surface area contributed by atoms with E-state index < -0.39 is 3.79 Å². The second-order valence-corrected chi connectivity index (χ2v) is 6.07. The van der Waals surface area contributed by atoms with Crippen LogP contribution in [-0.2, 0) is 14.3 Å². The van der Waals surface area contributed by atoms with Crippen LogP contribution in [0.4, 0.5) is 0 Å². The van der Waals surface area contributed by atoms with Gasteiger partial charge in [0, 0.05) is 0 Å². The molecule has 0 aromatic carbocycles. The van der Waals surface area contributed by atoms with Gasteiger partial charge in [-0.1, -0.05) is 34.8 Å². The fraction of sp³-hybridized carbons (Fsp3) is 0.778. The number of esters is 1. The van der Waals surface area contributed by atoms with E-state index in [2.05, 4.69) is 4.99 Å². The molecule has 16 heavy (non-hydrogen) atoms. The molecule has 0 N–H and O–H groups in total. The van der Waals surface area contributed by atoms with Crippen molar-refractivity contribution in [3.63, 3.8) is 0 Å². The Hall–Kier alpha value is -0.190. The Kier molecular flexibility index (Phi) is 3.25. The largest absolute Gasteiger partial charge is 0.472 e. The molecule has 0 bridgehead atoms. The second-order valence-electron chi connectivity index (χ2n) is 3.79. The highest BCUT2D eigenvalue weighted by atomic mass is 35.6. The molecular weight excluding hydrogens is 276 g/mol. The number of methoxy groups -OCH3 is 1. The molecule has 3 atom stereocenters. The highest BCUT2D eigenvalue weighted by Gasteiger charge is 2.49. The predicted octanol–water partition coefficient (Wildman–Crippen LogP) is 2.11. The van der Waals surface area contributed by atoms with Gasteiger partial charge in [-0.3, -0.25) is 4.79 Å². The van der Waals surface area contributed by atoms with E-state index in [0.29, 0.717) is 6.42 Å². The van der Waals surface area contributed by atoms with Crippen molar-refractivity contribution < 1.29 is 14.3 Å². The zero-order valence-electron chi connectivity index (χ0n) is 8.45. The third-order valence-corrected chi connectivity index (χ3v) is 3.32. The van der Waals surface area contributed by atoms with Crippen molar-refractivity contribution in [1.82, 2.24) is 0 Å². The summed E-state index contributed by atoms with van der Waals surface area (Å²) in [6, 6.07) is -0.280. The zero-order chi connectivity index (χ0) is 11.9. The van der Waals surface area contributed by atoms with Crippen LogP contribution < -0.4 is 0 Å². The number of hydrogen-bond donors (Lipinski definition) is 0. The SMILES string of the molecule is COC(=O)[C@@H]1CC[C@@H]2OC(C(Cl)(Cl)Cl)=N[C@@H]21. The Balaban J connectivity index is 2.16. The summed E-state index contributed by atoms with van der Waals surface area (Å²) in [4.78, 5) is 15.6. The Bertz CT molecular complexity index is 339. The summed E-state index contributed by atoms with van der Waals surface area (Å²) in [5.41, 5.74) is 0. The topological polar surface area (TPSA) is 47.9 Å². The fourth-order valence-corrected chi connectivity index (χ4v) is 2.38. The fourth-order valence-electron chi connectivity index (χ4n) is 2.10. The van der Waals surface area contributed by atoms with Crippen molar-refractivity contribution in [2.75, 3.05) is 7.11 Å². The number of nitrogens with zero attached hydrogens (tertiary/aromatic N) is 1. The first-order valence-electron chi connectivity index (χ1n) is 4.83. The van der Waals surface area contributed by atoms with Gasteiger partial charge in [-0.2, -0.15) is 0 Å². The smallest absolute Gasteiger partial charge is 0.310 e. The predicted molar refractivity (Wildman–Crippen MR) is 61.1 cm³/mol. The van der Waals surface area contributed by atoms with Gasteiger partial charge in [0.15, 0.2) is 0 Å². The average molecular weight is 287 g/mol. The molecule has 0 spiro atoms. The number of carbonyl (C=O) groups excluding carboxylic acids is 1. The standard InChI is InChI=1S/C9H10Cl3NO3/c1-15-7(14)4-2-3-5-6(4)13-8(16-5)9(10,11)12/h4-6H,2-3H2,1H3/t4-,5+,6-/m1/s1. The second kappa shape index (κ2) is 4.24. The van der Waals surface area contributed by atoms with Crippen LogP contribution in [0.1, 0.15) is 12.8 Å². The van der Waals surface area contributed by atoms with E-state index in [0.717, 1.165) is 6.42 Å². The van der Waals surface area contributed by atoms with E-state index in [-0.39, 0.29) is 29.9 Å². The quantitative estimate of drug-likeness (QED) is 0.548. The van der Waals surface area contributed by atoms with Crippen molar-refractivity contribution in [2.45, 2.75) is 28.8 Å². The van der Waals surface area contributed by atoms with Crippen LogP contribution in [0.2, 0.25) is 0 Å². The maximum absolute atomic E-state index is 11.5. The number of halogens is 3. The summed E-state index contributed by atoms with van der Waals surface area (Å²) in [5.74, 6) is -0.508. The summed E-state index contributed by atoms with van der Waals surface area (Å²) in [6.45, 7) is 0. The molecule has 0 aromatic heterocycles. The van der Waals surface area contributed by atoms with Crippen LogP contribution in [0.15, 0.2) is 4.99 Å². The summed E-state index contributed by atoms with van der Waals surface area (Å²) < 4.78 is 8.46. The first-order chi connectivity index (χ1) is 7.43. The lowest BCUT2D eigenvalue weighted by Gasteiger charge is -2.13. The Morgan fingerprint density at radius 2 is 2.19 bits per heavy atom. The van der Waals surface area contributed by atoms with Crippen molar-refractivity contribution in [3.8, 4) is 0 Å². The molecule has 4 nitrogen and oxygen atoms in total. The van der Waals surface area contributed by atoms with Crippen LogP contribution in [0.3, 0.4) is 0 Å². The highest BCUT2D eigenvalue weighted by molar-refractivity contribution is 6.76. The average Bonchev–Trinajstić information content (AvgIpc) is 2.73. The van der Waals surface area contributed by atoms with Gasteiger partial charge in [-0.05, 0) is 12.8 Å². The van der Waals surface area contributed by atoms with Crippen LogP contribution >= 0.6 is 34.8 Å². The maximum Gasteiger partial charge on any atom is 0.310 e. The normalized spacial score (nSPS) is 33.0. The van der Waals surface area contributed by atoms with Gasteiger partial charge >= 0.3 is 5.97 Å². The number of alkyl halides is 3. The Labute approximate surface area is 108 Å². The minimum Gasteiger partial charge on any atom is -0.472 e. The van der Waals surface area contributed by atoms with Gasteiger partial charge in [0.25, 0.3) is 3.79 Å². The van der Waals surface area contributed by atoms with Gasteiger partial charge in [0.1, 0.15) is 12.1 Å². The van der Waals surface area contributed by atoms with Gasteiger partial charge in [0.05, 0.1) is 13.0 Å². The lowest BCUT2D eigenvalue weighted by molar-refractivity contribution is -0.145. The van der Waals surface area contributed by atoms with Gasteiger partial charge < -0.3 is 9.47 Å². The summed E-state index contributed by atoms with van der Waals surface area (Å²) in [7, 11) is 1.35. The van der Waals surface area contributed by atoms with E-state index >= 15 is 0 Å². The highest BCUT2D eigenvalue weighted by Crippen LogP contribution is 2.40. The van der Waals surface area contributed by atoms with Crippen LogP contribution in [0, 0.1) is 5.92 Å². The number of aliphatic imine (C=N–C) groups is 1. The van der Waals surface area contributed by atoms with E-state index in [4.69, 9.17) is 44.3 Å². The lowest BCUT2D eigenvalue weighted by Crippen LogP contribution is -2.27. The van der Waals surface area contributed by atoms with E-state index in [1.54, 1.807) is 0 Å². The van der Waals surface area contributed by atoms with Crippen molar-refractivity contribution >= 4 is 46.7 Å².